The Balaban J connectivity index is 1.56. The van der Waals surface area contributed by atoms with Crippen LogP contribution in [-0.4, -0.2) is 25.0 Å². The highest BCUT2D eigenvalue weighted by Gasteiger charge is 2.31. The summed E-state index contributed by atoms with van der Waals surface area (Å²) in [7, 11) is -3.53. The lowest BCUT2D eigenvalue weighted by molar-refractivity contribution is -0.130. The average Bonchev–Trinajstić information content (AvgIpc) is 3.21. The van der Waals surface area contributed by atoms with Crippen LogP contribution in [0.1, 0.15) is 36.1 Å². The van der Waals surface area contributed by atoms with Gasteiger partial charge in [-0.2, -0.15) is 5.10 Å². The number of hydrazone groups is 1. The fraction of sp³-hybridized carbons (Fsp3) is 0.167. The molecule has 0 saturated carbocycles. The predicted octanol–water partition coefficient (Wildman–Crippen LogP) is 6.65. The van der Waals surface area contributed by atoms with Gasteiger partial charge in [-0.05, 0) is 63.0 Å². The fourth-order valence-electron chi connectivity index (χ4n) is 3.75. The first-order valence-corrected chi connectivity index (χ1v) is 14.1. The number of carbonyl (C=O) groups is 1. The Labute approximate surface area is 218 Å². The van der Waals surface area contributed by atoms with Crippen LogP contribution in [0, 0.1) is 0 Å². The third kappa shape index (κ3) is 5.48. The Hall–Kier alpha value is -1.81. The van der Waals surface area contributed by atoms with Crippen molar-refractivity contribution in [2.45, 2.75) is 30.0 Å². The van der Waals surface area contributed by atoms with Gasteiger partial charge in [0.1, 0.15) is 0 Å². The van der Waals surface area contributed by atoms with Crippen LogP contribution in [-0.2, 0) is 20.4 Å². The minimum Gasteiger partial charge on any atom is -0.273 e. The van der Waals surface area contributed by atoms with E-state index in [-0.39, 0.29) is 22.6 Å². The van der Waals surface area contributed by atoms with Gasteiger partial charge in [0.05, 0.1) is 22.4 Å². The number of rotatable bonds is 5. The minimum atomic E-state index is -3.53. The Morgan fingerprint density at radius 3 is 2.36 bits per heavy atom. The van der Waals surface area contributed by atoms with Crippen LogP contribution < -0.4 is 0 Å². The second kappa shape index (κ2) is 9.82. The number of halogens is 3. The molecule has 0 radical (unpaired) electrons. The second-order valence-corrected chi connectivity index (χ2v) is 12.4. The highest BCUT2D eigenvalue weighted by atomic mass is 79.9. The molecule has 4 rings (SSSR count). The van der Waals surface area contributed by atoms with Gasteiger partial charge in [0.25, 0.3) is 0 Å². The van der Waals surface area contributed by atoms with Gasteiger partial charge in [-0.25, -0.2) is 13.4 Å². The highest BCUT2D eigenvalue weighted by molar-refractivity contribution is 9.11. The molecule has 0 spiro atoms. The summed E-state index contributed by atoms with van der Waals surface area (Å²) in [5, 5.41) is 6.09. The van der Waals surface area contributed by atoms with E-state index < -0.39 is 9.84 Å². The maximum absolute atomic E-state index is 12.9. The highest BCUT2D eigenvalue weighted by Crippen LogP contribution is 2.34. The predicted molar refractivity (Wildman–Crippen MR) is 140 cm³/mol. The van der Waals surface area contributed by atoms with Crippen LogP contribution in [0.25, 0.3) is 0 Å². The zero-order chi connectivity index (χ0) is 23.8. The SMILES string of the molecule is CC(=O)N1N=C(c2ccc(CS(=O)(=O)c3cc(Br)ccc3Br)cc2)CC1c1cccc(Br)c1. The summed E-state index contributed by atoms with van der Waals surface area (Å²) < 4.78 is 28.1. The number of benzene rings is 3. The third-order valence-corrected chi connectivity index (χ3v) is 9.00. The minimum absolute atomic E-state index is 0.116. The van der Waals surface area contributed by atoms with Crippen molar-refractivity contribution in [1.29, 1.82) is 0 Å². The van der Waals surface area contributed by atoms with Crippen molar-refractivity contribution in [3.63, 3.8) is 0 Å². The van der Waals surface area contributed by atoms with Crippen LogP contribution in [0.4, 0.5) is 0 Å². The van der Waals surface area contributed by atoms with Crippen LogP contribution in [0.5, 0.6) is 0 Å². The number of carbonyl (C=O) groups excluding carboxylic acids is 1. The van der Waals surface area contributed by atoms with E-state index >= 15 is 0 Å². The normalized spacial score (nSPS) is 16.1. The molecule has 1 heterocycles. The molecule has 3 aromatic rings. The van der Waals surface area contributed by atoms with E-state index in [9.17, 15) is 13.2 Å². The van der Waals surface area contributed by atoms with Crippen molar-refractivity contribution in [3.05, 3.63) is 96.8 Å². The molecule has 0 fully saturated rings. The van der Waals surface area contributed by atoms with Gasteiger partial charge in [0.2, 0.25) is 5.91 Å². The number of amides is 1. The van der Waals surface area contributed by atoms with Crippen molar-refractivity contribution >= 4 is 69.2 Å². The van der Waals surface area contributed by atoms with E-state index in [0.29, 0.717) is 20.9 Å². The third-order valence-electron chi connectivity index (χ3n) is 5.34. The van der Waals surface area contributed by atoms with Crippen LogP contribution in [0.3, 0.4) is 0 Å². The molecule has 0 saturated heterocycles. The molecular weight excluding hydrogens is 636 g/mol. The molecule has 1 atom stereocenters. The van der Waals surface area contributed by atoms with Crippen molar-refractivity contribution in [1.82, 2.24) is 5.01 Å². The summed E-state index contributed by atoms with van der Waals surface area (Å²) in [4.78, 5) is 12.5. The van der Waals surface area contributed by atoms with E-state index in [2.05, 4.69) is 52.9 Å². The van der Waals surface area contributed by atoms with Crippen LogP contribution in [0.2, 0.25) is 0 Å². The standard InChI is InChI=1S/C24H19Br3N2O3S/c1-15(30)29-23(18-3-2-4-19(25)11-18)13-22(28-29)17-7-5-16(6-8-17)14-33(31,32)24-12-20(26)9-10-21(24)27/h2-12,23H,13-14H2,1H3. The summed E-state index contributed by atoms with van der Waals surface area (Å²) >= 11 is 10.2. The van der Waals surface area contributed by atoms with Crippen molar-refractivity contribution < 1.29 is 13.2 Å². The second-order valence-electron chi connectivity index (χ2n) is 7.72. The Bertz CT molecular complexity index is 1360. The van der Waals surface area contributed by atoms with E-state index in [1.165, 1.54) is 11.9 Å². The van der Waals surface area contributed by atoms with Gasteiger partial charge in [0.15, 0.2) is 9.84 Å². The van der Waals surface area contributed by atoms with Gasteiger partial charge in [-0.3, -0.25) is 4.79 Å². The lowest BCUT2D eigenvalue weighted by atomic mass is 9.98. The molecule has 1 unspecified atom stereocenters. The van der Waals surface area contributed by atoms with Crippen LogP contribution >= 0.6 is 47.8 Å². The lowest BCUT2D eigenvalue weighted by Gasteiger charge is -2.20. The summed E-state index contributed by atoms with van der Waals surface area (Å²) in [6, 6.07) is 20.1. The topological polar surface area (TPSA) is 66.8 Å². The molecule has 1 aliphatic rings. The maximum Gasteiger partial charge on any atom is 0.240 e. The molecule has 5 nitrogen and oxygen atoms in total. The monoisotopic (exact) mass is 652 g/mol. The molecule has 3 aromatic carbocycles. The summed E-state index contributed by atoms with van der Waals surface area (Å²) in [6.45, 7) is 1.51. The number of sulfone groups is 1. The Morgan fingerprint density at radius 2 is 1.70 bits per heavy atom. The summed E-state index contributed by atoms with van der Waals surface area (Å²) in [5.41, 5.74) is 3.33. The number of nitrogens with zero attached hydrogens (tertiary/aromatic N) is 2. The molecule has 0 N–H and O–H groups in total. The first kappa shape index (κ1) is 24.3. The fourth-order valence-corrected chi connectivity index (χ4v) is 7.13. The molecular formula is C24H19Br3N2O3S. The lowest BCUT2D eigenvalue weighted by Crippen LogP contribution is -2.24. The maximum atomic E-state index is 12.9. The van der Waals surface area contributed by atoms with Gasteiger partial charge in [-0.1, -0.05) is 68.3 Å². The van der Waals surface area contributed by atoms with Crippen molar-refractivity contribution in [2.75, 3.05) is 0 Å². The summed E-state index contributed by atoms with van der Waals surface area (Å²) in [6.07, 6.45) is 0.582. The number of hydrogen-bond acceptors (Lipinski definition) is 4. The number of hydrogen-bond donors (Lipinski definition) is 0. The van der Waals surface area contributed by atoms with E-state index in [0.717, 1.165) is 21.3 Å². The zero-order valence-electron chi connectivity index (χ0n) is 17.5. The van der Waals surface area contributed by atoms with E-state index in [4.69, 9.17) is 0 Å². The van der Waals surface area contributed by atoms with Gasteiger partial charge in [-0.15, -0.1) is 0 Å². The zero-order valence-corrected chi connectivity index (χ0v) is 23.1. The van der Waals surface area contributed by atoms with Crippen LogP contribution in [0.15, 0.2) is 90.1 Å². The molecule has 0 aliphatic carbocycles. The quantitative estimate of drug-likeness (QED) is 0.310. The molecule has 0 bridgehead atoms. The smallest absolute Gasteiger partial charge is 0.240 e. The van der Waals surface area contributed by atoms with E-state index in [1.807, 2.05) is 36.4 Å². The van der Waals surface area contributed by atoms with Gasteiger partial charge >= 0.3 is 0 Å². The van der Waals surface area contributed by atoms with E-state index in [1.54, 1.807) is 30.3 Å². The molecule has 1 amide bonds. The Kier molecular flexibility index (Phi) is 7.23. The van der Waals surface area contributed by atoms with Crippen molar-refractivity contribution in [2.24, 2.45) is 5.10 Å². The van der Waals surface area contributed by atoms with Gasteiger partial charge < -0.3 is 0 Å². The van der Waals surface area contributed by atoms with Crippen molar-refractivity contribution in [3.8, 4) is 0 Å². The van der Waals surface area contributed by atoms with Gasteiger partial charge in [0, 0.05) is 26.8 Å². The first-order chi connectivity index (χ1) is 15.6. The summed E-state index contributed by atoms with van der Waals surface area (Å²) in [5.74, 6) is -0.244. The first-order valence-electron chi connectivity index (χ1n) is 10.0. The molecule has 33 heavy (non-hydrogen) atoms. The Morgan fingerprint density at radius 1 is 1.00 bits per heavy atom. The average molecular weight is 655 g/mol. The molecule has 170 valence electrons. The largest absolute Gasteiger partial charge is 0.273 e. The molecule has 9 heteroatoms. The molecule has 0 aromatic heterocycles. The molecule has 1 aliphatic heterocycles.